The molecule has 0 N–H and O–H groups in total. The topological polar surface area (TPSA) is 47.3 Å². The second kappa shape index (κ2) is 12.3. The van der Waals surface area contributed by atoms with Gasteiger partial charge in [0, 0.05) is 32.6 Å². The van der Waals surface area contributed by atoms with Crippen LogP contribution in [0.1, 0.15) is 5.56 Å². The summed E-state index contributed by atoms with van der Waals surface area (Å²) in [6.07, 6.45) is 0. The summed E-state index contributed by atoms with van der Waals surface area (Å²) < 4.78 is 6.72. The molecule has 0 amide bonds. The van der Waals surface area contributed by atoms with Gasteiger partial charge in [-0.2, -0.15) is 5.26 Å². The molecule has 0 saturated carbocycles. The highest BCUT2D eigenvalue weighted by Crippen LogP contribution is 2.44. The van der Waals surface area contributed by atoms with E-state index in [9.17, 15) is 5.26 Å². The van der Waals surface area contributed by atoms with Crippen molar-refractivity contribution in [3.8, 4) is 34.3 Å². The SMILES string of the molecule is [C-]#[N+]c1ccc2c(c1)c1c(-n3c4ccccc4c4ccccc43)cccc1n2-c1cc(C#N)cc(-c2cccc([N+]#[C-])c2-n2c3ccccc3c3ccccc32)c1. The molecule has 0 unspecified atom stereocenters. The minimum Gasteiger partial charge on any atom is -0.318 e. The van der Waals surface area contributed by atoms with Gasteiger partial charge in [0.25, 0.3) is 0 Å². The number of rotatable bonds is 4. The smallest absolute Gasteiger partial charge is 0.211 e. The predicted molar refractivity (Wildman–Crippen MR) is 232 cm³/mol. The molecule has 0 spiro atoms. The molecular weight excluding hydrogens is 697 g/mol. The highest BCUT2D eigenvalue weighted by atomic mass is 15.0. The molecule has 6 nitrogen and oxygen atoms in total. The minimum absolute atomic E-state index is 0.496. The van der Waals surface area contributed by atoms with Gasteiger partial charge >= 0.3 is 0 Å². The quantitative estimate of drug-likeness (QED) is 0.167. The molecule has 0 bridgehead atoms. The van der Waals surface area contributed by atoms with E-state index in [1.807, 2.05) is 72.8 Å². The number of aromatic nitrogens is 3. The number of para-hydroxylation sites is 5. The number of benzene rings is 8. The van der Waals surface area contributed by atoms with Gasteiger partial charge in [0.05, 0.1) is 69.3 Å². The Balaban J connectivity index is 1.22. The summed E-state index contributed by atoms with van der Waals surface area (Å²) in [5.41, 5.74) is 11.9. The van der Waals surface area contributed by atoms with Crippen molar-refractivity contribution in [1.82, 2.24) is 13.7 Å². The van der Waals surface area contributed by atoms with Crippen LogP contribution in [0, 0.1) is 24.5 Å². The minimum atomic E-state index is 0.496. The number of nitriles is 1. The van der Waals surface area contributed by atoms with Crippen molar-refractivity contribution < 1.29 is 0 Å². The lowest BCUT2D eigenvalue weighted by Gasteiger charge is -2.18. The van der Waals surface area contributed by atoms with Gasteiger partial charge in [0.15, 0.2) is 5.69 Å². The molecule has 6 heteroatoms. The first kappa shape index (κ1) is 32.1. The average molecular weight is 725 g/mol. The van der Waals surface area contributed by atoms with Gasteiger partial charge in [-0.25, -0.2) is 9.69 Å². The first-order valence-electron chi connectivity index (χ1n) is 18.6. The lowest BCUT2D eigenvalue weighted by molar-refractivity contribution is 1.16. The molecule has 11 rings (SSSR count). The van der Waals surface area contributed by atoms with E-state index in [4.69, 9.17) is 13.1 Å². The molecule has 57 heavy (non-hydrogen) atoms. The van der Waals surface area contributed by atoms with E-state index in [2.05, 4.69) is 127 Å². The maximum absolute atomic E-state index is 10.6. The fourth-order valence-corrected chi connectivity index (χ4v) is 8.97. The van der Waals surface area contributed by atoms with Crippen LogP contribution in [0.15, 0.2) is 170 Å². The summed E-state index contributed by atoms with van der Waals surface area (Å²) in [6.45, 7) is 16.3. The third kappa shape index (κ3) is 4.61. The third-order valence-electron chi connectivity index (χ3n) is 11.3. The monoisotopic (exact) mass is 724 g/mol. The largest absolute Gasteiger partial charge is 0.318 e. The van der Waals surface area contributed by atoms with Gasteiger partial charge in [-0.3, -0.25) is 0 Å². The van der Waals surface area contributed by atoms with Crippen LogP contribution >= 0.6 is 0 Å². The van der Waals surface area contributed by atoms with Gasteiger partial charge in [0.1, 0.15) is 0 Å². The Morgan fingerprint density at radius 2 is 1.02 bits per heavy atom. The highest BCUT2D eigenvalue weighted by Gasteiger charge is 2.23. The first-order valence-corrected chi connectivity index (χ1v) is 18.6. The molecule has 0 aliphatic rings. The van der Waals surface area contributed by atoms with Crippen molar-refractivity contribution in [2.75, 3.05) is 0 Å². The van der Waals surface area contributed by atoms with Crippen molar-refractivity contribution in [1.29, 1.82) is 5.26 Å². The van der Waals surface area contributed by atoms with Gasteiger partial charge in [0.2, 0.25) is 5.69 Å². The summed E-state index contributed by atoms with van der Waals surface area (Å²) in [7, 11) is 0. The predicted octanol–water partition coefficient (Wildman–Crippen LogP) is 13.6. The number of hydrogen-bond donors (Lipinski definition) is 0. The fraction of sp³-hybridized carbons (Fsp3) is 0. The van der Waals surface area contributed by atoms with Crippen molar-refractivity contribution in [2.24, 2.45) is 0 Å². The van der Waals surface area contributed by atoms with Crippen molar-refractivity contribution in [2.45, 2.75) is 0 Å². The molecule has 0 aliphatic heterocycles. The van der Waals surface area contributed by atoms with E-state index < -0.39 is 0 Å². The summed E-state index contributed by atoms with van der Waals surface area (Å²) in [4.78, 5) is 7.89. The molecule has 8 aromatic carbocycles. The zero-order valence-electron chi connectivity index (χ0n) is 30.3. The molecule has 0 aliphatic carbocycles. The molecule has 0 atom stereocenters. The second-order valence-corrected chi connectivity index (χ2v) is 14.2. The van der Waals surface area contributed by atoms with Crippen LogP contribution in [-0.2, 0) is 0 Å². The van der Waals surface area contributed by atoms with Crippen LogP contribution in [0.5, 0.6) is 0 Å². The summed E-state index contributed by atoms with van der Waals surface area (Å²) >= 11 is 0. The Kier molecular flexibility index (Phi) is 6.95. The normalized spacial score (nSPS) is 11.5. The van der Waals surface area contributed by atoms with E-state index in [1.54, 1.807) is 0 Å². The number of fused-ring (bicyclic) bond motifs is 9. The third-order valence-corrected chi connectivity index (χ3v) is 11.3. The maximum Gasteiger partial charge on any atom is 0.211 e. The Hall–Kier alpha value is -8.37. The van der Waals surface area contributed by atoms with Crippen LogP contribution in [0.3, 0.4) is 0 Å². The molecule has 0 fully saturated rings. The zero-order valence-corrected chi connectivity index (χ0v) is 30.3. The van der Waals surface area contributed by atoms with E-state index in [0.29, 0.717) is 16.9 Å². The standard InChI is InChI=1S/C51H28N6/c1-53-34-25-26-47-41(30-34)50-48(23-12-24-49(50)56-43-19-7-3-13-37(43)38-14-4-8-20-44(38)56)55(47)35-28-32(31-52)27-33(29-35)36-17-11-18-42(54-2)51(36)57-45-21-9-5-15-39(45)40-16-6-10-22-46(40)57/h3-30H. The number of hydrogen-bond acceptors (Lipinski definition) is 1. The fourth-order valence-electron chi connectivity index (χ4n) is 8.97. The number of nitrogens with zero attached hydrogens (tertiary/aromatic N) is 6. The van der Waals surface area contributed by atoms with Crippen LogP contribution in [-0.4, -0.2) is 13.7 Å². The zero-order chi connectivity index (χ0) is 38.2. The van der Waals surface area contributed by atoms with E-state index in [1.165, 1.54) is 10.8 Å². The molecule has 3 heterocycles. The van der Waals surface area contributed by atoms with E-state index >= 15 is 0 Å². The Morgan fingerprint density at radius 1 is 0.456 bits per heavy atom. The lowest BCUT2D eigenvalue weighted by Crippen LogP contribution is -2.00. The van der Waals surface area contributed by atoms with Crippen LogP contribution < -0.4 is 0 Å². The van der Waals surface area contributed by atoms with E-state index in [-0.39, 0.29) is 0 Å². The van der Waals surface area contributed by atoms with Gasteiger partial charge in [-0.1, -0.05) is 103 Å². The molecule has 0 radical (unpaired) electrons. The summed E-state index contributed by atoms with van der Waals surface area (Å²) in [5, 5.41) is 17.1. The Morgan fingerprint density at radius 3 is 1.61 bits per heavy atom. The molecule has 262 valence electrons. The second-order valence-electron chi connectivity index (χ2n) is 14.2. The highest BCUT2D eigenvalue weighted by molar-refractivity contribution is 6.17. The lowest BCUT2D eigenvalue weighted by atomic mass is 9.99. The Bertz CT molecular complexity index is 3520. The van der Waals surface area contributed by atoms with Gasteiger partial charge < -0.3 is 13.7 Å². The van der Waals surface area contributed by atoms with Crippen LogP contribution in [0.4, 0.5) is 11.4 Å². The molecule has 0 saturated heterocycles. The van der Waals surface area contributed by atoms with Crippen molar-refractivity contribution in [3.63, 3.8) is 0 Å². The van der Waals surface area contributed by atoms with Gasteiger partial charge in [-0.15, -0.1) is 0 Å². The van der Waals surface area contributed by atoms with Crippen LogP contribution in [0.25, 0.3) is 103 Å². The van der Waals surface area contributed by atoms with Crippen molar-refractivity contribution >= 4 is 76.8 Å². The van der Waals surface area contributed by atoms with Gasteiger partial charge in [-0.05, 0) is 83.2 Å². The summed E-state index contributed by atoms with van der Waals surface area (Å²) in [6, 6.07) is 60.0. The van der Waals surface area contributed by atoms with Crippen LogP contribution in [0.2, 0.25) is 0 Å². The Labute approximate surface area is 327 Å². The molecule has 11 aromatic rings. The maximum atomic E-state index is 10.6. The first-order chi connectivity index (χ1) is 28.2. The van der Waals surface area contributed by atoms with Crippen molar-refractivity contribution in [3.05, 3.63) is 198 Å². The average Bonchev–Trinajstić information content (AvgIpc) is 3.91. The molecular formula is C51H28N6. The van der Waals surface area contributed by atoms with E-state index in [0.717, 1.165) is 82.8 Å². The summed E-state index contributed by atoms with van der Waals surface area (Å²) in [5.74, 6) is 0. The molecule has 3 aromatic heterocycles.